The number of hydrogen-bond acceptors (Lipinski definition) is 3. The van der Waals surface area contributed by atoms with E-state index in [2.05, 4.69) is 203 Å². The molecule has 5 nitrogen and oxygen atoms in total. The lowest BCUT2D eigenvalue weighted by Crippen LogP contribution is -2.00. The molecule has 8 aromatic carbocycles. The molecule has 0 amide bonds. The van der Waals surface area contributed by atoms with Crippen LogP contribution in [0, 0.1) is 0 Å². The van der Waals surface area contributed by atoms with E-state index in [0.29, 0.717) is 5.82 Å². The minimum absolute atomic E-state index is 0.702. The molecular weight excluding hydrogens is 731 g/mol. The van der Waals surface area contributed by atoms with Crippen LogP contribution in [0.15, 0.2) is 212 Å². The molecule has 4 heterocycles. The summed E-state index contributed by atoms with van der Waals surface area (Å²) in [5, 5.41) is 5.78. The fraction of sp³-hybridized carbons (Fsp3) is 0. The second-order valence-corrected chi connectivity index (χ2v) is 15.2. The fourth-order valence-electron chi connectivity index (χ4n) is 8.99. The van der Waals surface area contributed by atoms with Gasteiger partial charge >= 0.3 is 0 Å². The molecule has 5 heteroatoms. The lowest BCUT2D eigenvalue weighted by atomic mass is 10.0. The number of nitrogens with zero attached hydrogens (tertiary/aromatic N) is 5. The van der Waals surface area contributed by atoms with Gasteiger partial charge < -0.3 is 4.57 Å². The number of pyridine rings is 1. The van der Waals surface area contributed by atoms with Crippen LogP contribution in [0.4, 0.5) is 0 Å². The Morgan fingerprint density at radius 1 is 0.333 bits per heavy atom. The highest BCUT2D eigenvalue weighted by molar-refractivity contribution is 6.26. The normalized spacial score (nSPS) is 11.7. The van der Waals surface area contributed by atoms with Crippen molar-refractivity contribution in [1.82, 2.24) is 24.1 Å². The van der Waals surface area contributed by atoms with E-state index in [0.717, 1.165) is 83.7 Å². The Bertz CT molecular complexity index is 3510. The van der Waals surface area contributed by atoms with E-state index < -0.39 is 0 Å². The molecule has 0 radical (unpaired) electrons. The molecule has 0 fully saturated rings. The Balaban J connectivity index is 1.08. The van der Waals surface area contributed by atoms with Crippen LogP contribution in [-0.4, -0.2) is 24.1 Å². The van der Waals surface area contributed by atoms with E-state index in [1.165, 1.54) is 21.5 Å². The standard InChI is InChI=1S/C55H35N5/c1-4-16-36(17-5-1)40-34-47(37-18-6-2-7-19-37)56-51(35-40)60-48-26-14-11-22-42(48)43-32-33-50-52(54(43)60)45-24-12-15-27-49(45)59(50)41-30-28-39(29-31-41)55-57-46-25-13-10-23-44(46)53(58-55)38-20-8-3-9-21-38/h1-35H. The molecule has 0 aliphatic carbocycles. The summed E-state index contributed by atoms with van der Waals surface area (Å²) >= 11 is 0. The summed E-state index contributed by atoms with van der Waals surface area (Å²) in [6.45, 7) is 0. The average Bonchev–Trinajstić information content (AvgIpc) is 3.85. The second-order valence-electron chi connectivity index (χ2n) is 15.2. The van der Waals surface area contributed by atoms with Gasteiger partial charge in [-0.25, -0.2) is 15.0 Å². The smallest absolute Gasteiger partial charge is 0.160 e. The third kappa shape index (κ3) is 5.44. The summed E-state index contributed by atoms with van der Waals surface area (Å²) in [7, 11) is 0. The van der Waals surface area contributed by atoms with Crippen molar-refractivity contribution >= 4 is 54.5 Å². The van der Waals surface area contributed by atoms with Gasteiger partial charge in [0.25, 0.3) is 0 Å². The number of para-hydroxylation sites is 3. The van der Waals surface area contributed by atoms with Gasteiger partial charge in [-0.15, -0.1) is 0 Å². The zero-order valence-corrected chi connectivity index (χ0v) is 32.4. The summed E-state index contributed by atoms with van der Waals surface area (Å²) < 4.78 is 4.77. The number of aromatic nitrogens is 5. The SMILES string of the molecule is c1ccc(-c2cc(-c3ccccc3)nc(-n3c4ccccc4c4ccc5c(c6ccccc6n5-c5ccc(-c6nc(-c7ccccc7)c7ccccc7n6)cc5)c43)c2)cc1. The predicted molar refractivity (Wildman–Crippen MR) is 248 cm³/mol. The summed E-state index contributed by atoms with van der Waals surface area (Å²) in [5.74, 6) is 1.58. The van der Waals surface area contributed by atoms with Gasteiger partial charge in [0.1, 0.15) is 5.82 Å². The first-order valence-electron chi connectivity index (χ1n) is 20.3. The number of hydrogen-bond donors (Lipinski definition) is 0. The predicted octanol–water partition coefficient (Wildman–Crippen LogP) is 13.9. The Labute approximate surface area is 346 Å². The zero-order chi connectivity index (χ0) is 39.6. The van der Waals surface area contributed by atoms with Crippen molar-refractivity contribution in [3.05, 3.63) is 212 Å². The van der Waals surface area contributed by atoms with Crippen LogP contribution in [0.25, 0.3) is 111 Å². The van der Waals surface area contributed by atoms with Crippen molar-refractivity contribution in [2.75, 3.05) is 0 Å². The van der Waals surface area contributed by atoms with Crippen molar-refractivity contribution in [1.29, 1.82) is 0 Å². The van der Waals surface area contributed by atoms with E-state index in [1.54, 1.807) is 0 Å². The van der Waals surface area contributed by atoms with Gasteiger partial charge in [0.15, 0.2) is 5.82 Å². The summed E-state index contributed by atoms with van der Waals surface area (Å²) in [4.78, 5) is 15.6. The molecule has 4 aromatic heterocycles. The minimum atomic E-state index is 0.702. The molecule has 12 rings (SSSR count). The van der Waals surface area contributed by atoms with E-state index in [9.17, 15) is 0 Å². The molecule has 0 aliphatic heterocycles. The van der Waals surface area contributed by atoms with Gasteiger partial charge in [-0.3, -0.25) is 4.57 Å². The second kappa shape index (κ2) is 13.8. The number of benzene rings is 8. The van der Waals surface area contributed by atoms with Gasteiger partial charge in [-0.1, -0.05) is 152 Å². The molecule has 12 aromatic rings. The Morgan fingerprint density at radius 3 is 1.67 bits per heavy atom. The quantitative estimate of drug-likeness (QED) is 0.169. The molecular formula is C55H35N5. The van der Waals surface area contributed by atoms with Crippen LogP contribution in [0.5, 0.6) is 0 Å². The maximum absolute atomic E-state index is 5.45. The fourth-order valence-corrected chi connectivity index (χ4v) is 8.99. The highest BCUT2D eigenvalue weighted by Crippen LogP contribution is 2.43. The molecule has 60 heavy (non-hydrogen) atoms. The molecule has 0 atom stereocenters. The molecule has 0 bridgehead atoms. The topological polar surface area (TPSA) is 48.5 Å². The molecule has 0 saturated carbocycles. The molecule has 280 valence electrons. The van der Waals surface area contributed by atoms with E-state index in [4.69, 9.17) is 15.0 Å². The van der Waals surface area contributed by atoms with Crippen molar-refractivity contribution in [3.8, 4) is 56.5 Å². The van der Waals surface area contributed by atoms with Crippen LogP contribution < -0.4 is 0 Å². The van der Waals surface area contributed by atoms with Gasteiger partial charge in [0, 0.05) is 49.3 Å². The first kappa shape index (κ1) is 33.9. The maximum atomic E-state index is 5.45. The Hall–Kier alpha value is -8.15. The highest BCUT2D eigenvalue weighted by atomic mass is 15.1. The molecule has 0 saturated heterocycles. The molecule has 0 N–H and O–H groups in total. The molecule has 0 spiro atoms. The van der Waals surface area contributed by atoms with Crippen molar-refractivity contribution in [2.24, 2.45) is 0 Å². The summed E-state index contributed by atoms with van der Waals surface area (Å²) in [6.07, 6.45) is 0. The van der Waals surface area contributed by atoms with Gasteiger partial charge in [-0.2, -0.15) is 0 Å². The average molecular weight is 766 g/mol. The zero-order valence-electron chi connectivity index (χ0n) is 32.4. The minimum Gasteiger partial charge on any atom is -0.309 e. The Kier molecular flexibility index (Phi) is 7.78. The Morgan fingerprint density at radius 2 is 0.933 bits per heavy atom. The summed E-state index contributed by atoms with van der Waals surface area (Å²) in [5.41, 5.74) is 13.7. The number of fused-ring (bicyclic) bond motifs is 8. The van der Waals surface area contributed by atoms with Crippen LogP contribution in [0.2, 0.25) is 0 Å². The van der Waals surface area contributed by atoms with E-state index in [1.807, 2.05) is 18.2 Å². The van der Waals surface area contributed by atoms with Gasteiger partial charge in [-0.05, 0) is 71.8 Å². The summed E-state index contributed by atoms with van der Waals surface area (Å²) in [6, 6.07) is 74.8. The molecule has 0 unspecified atom stereocenters. The maximum Gasteiger partial charge on any atom is 0.160 e. The number of rotatable bonds is 6. The van der Waals surface area contributed by atoms with Crippen molar-refractivity contribution in [3.63, 3.8) is 0 Å². The highest BCUT2D eigenvalue weighted by Gasteiger charge is 2.22. The lowest BCUT2D eigenvalue weighted by molar-refractivity contribution is 1.09. The van der Waals surface area contributed by atoms with Crippen LogP contribution in [0.1, 0.15) is 0 Å². The third-order valence-corrected chi connectivity index (χ3v) is 11.7. The lowest BCUT2D eigenvalue weighted by Gasteiger charge is -2.14. The van der Waals surface area contributed by atoms with E-state index in [-0.39, 0.29) is 0 Å². The van der Waals surface area contributed by atoms with Crippen LogP contribution >= 0.6 is 0 Å². The van der Waals surface area contributed by atoms with E-state index >= 15 is 0 Å². The largest absolute Gasteiger partial charge is 0.309 e. The van der Waals surface area contributed by atoms with Gasteiger partial charge in [0.2, 0.25) is 0 Å². The van der Waals surface area contributed by atoms with Crippen LogP contribution in [0.3, 0.4) is 0 Å². The van der Waals surface area contributed by atoms with Crippen LogP contribution in [-0.2, 0) is 0 Å². The van der Waals surface area contributed by atoms with Crippen molar-refractivity contribution < 1.29 is 0 Å². The first-order chi connectivity index (χ1) is 29.8. The van der Waals surface area contributed by atoms with Crippen molar-refractivity contribution in [2.45, 2.75) is 0 Å². The third-order valence-electron chi connectivity index (χ3n) is 11.7. The molecule has 0 aliphatic rings. The first-order valence-corrected chi connectivity index (χ1v) is 20.3. The monoisotopic (exact) mass is 765 g/mol. The van der Waals surface area contributed by atoms with Gasteiger partial charge in [0.05, 0.1) is 39.0 Å².